The molecule has 0 amide bonds. The molecule has 25 heavy (non-hydrogen) atoms. The van der Waals surface area contributed by atoms with Crippen molar-refractivity contribution in [3.63, 3.8) is 0 Å². The molecule has 3 aromatic rings. The Labute approximate surface area is 143 Å². The topological polar surface area (TPSA) is 53.1 Å². The first-order chi connectivity index (χ1) is 12.2. The molecule has 1 aliphatic heterocycles. The van der Waals surface area contributed by atoms with E-state index in [1.54, 1.807) is 6.07 Å². The van der Waals surface area contributed by atoms with Gasteiger partial charge >= 0.3 is 0 Å². The van der Waals surface area contributed by atoms with Gasteiger partial charge in [0.15, 0.2) is 11.6 Å². The van der Waals surface area contributed by atoms with E-state index < -0.39 is 11.6 Å². The van der Waals surface area contributed by atoms with E-state index in [0.29, 0.717) is 17.9 Å². The molecule has 1 aliphatic rings. The van der Waals surface area contributed by atoms with Crippen LogP contribution in [0.25, 0.3) is 10.9 Å². The van der Waals surface area contributed by atoms with Crippen molar-refractivity contribution in [3.05, 3.63) is 53.9 Å². The molecule has 7 heteroatoms. The molecule has 2 N–H and O–H groups in total. The molecule has 0 saturated heterocycles. The van der Waals surface area contributed by atoms with Crippen molar-refractivity contribution in [1.82, 2.24) is 9.97 Å². The molecule has 0 saturated carbocycles. The minimum absolute atomic E-state index is 0.342. The molecule has 0 fully saturated rings. The number of hydrogen-bond donors (Lipinski definition) is 2. The second-order valence-electron chi connectivity index (χ2n) is 5.90. The number of aromatic nitrogens is 2. The molecule has 2 aromatic carbocycles. The largest absolute Gasteiger partial charge is 0.366 e. The number of halogens is 2. The first-order valence-electron chi connectivity index (χ1n) is 8.11. The zero-order chi connectivity index (χ0) is 17.4. The molecule has 2 heterocycles. The Bertz CT molecular complexity index is 944. The second-order valence-corrected chi connectivity index (χ2v) is 5.90. The second kappa shape index (κ2) is 6.16. The number of anilines is 3. The monoisotopic (exact) mass is 341 g/mol. The van der Waals surface area contributed by atoms with Gasteiger partial charge in [0.2, 0.25) is 0 Å². The fraction of sp³-hybridized carbons (Fsp3) is 0.222. The molecule has 5 nitrogen and oxygen atoms in total. The average molecular weight is 341 g/mol. The van der Waals surface area contributed by atoms with Gasteiger partial charge in [-0.3, -0.25) is 0 Å². The molecule has 0 bridgehead atoms. The van der Waals surface area contributed by atoms with Gasteiger partial charge in [-0.25, -0.2) is 18.7 Å². The van der Waals surface area contributed by atoms with E-state index in [2.05, 4.69) is 32.4 Å². The maximum atomic E-state index is 13.3. The number of fused-ring (bicyclic) bond motifs is 2. The van der Waals surface area contributed by atoms with Gasteiger partial charge in [0, 0.05) is 18.5 Å². The van der Waals surface area contributed by atoms with Crippen LogP contribution < -0.4 is 15.5 Å². The number of benzene rings is 2. The molecule has 0 atom stereocenters. The van der Waals surface area contributed by atoms with E-state index in [9.17, 15) is 8.78 Å². The molecular weight excluding hydrogens is 324 g/mol. The first kappa shape index (κ1) is 15.6. The van der Waals surface area contributed by atoms with E-state index in [1.807, 2.05) is 12.1 Å². The summed E-state index contributed by atoms with van der Waals surface area (Å²) < 4.78 is 26.4. The van der Waals surface area contributed by atoms with Crippen LogP contribution in [0, 0.1) is 11.6 Å². The smallest absolute Gasteiger partial charge is 0.159 e. The van der Waals surface area contributed by atoms with E-state index in [0.717, 1.165) is 41.6 Å². The maximum Gasteiger partial charge on any atom is 0.159 e. The highest BCUT2D eigenvalue weighted by Gasteiger charge is 2.19. The number of hydrogen-bond acceptors (Lipinski definition) is 5. The summed E-state index contributed by atoms with van der Waals surface area (Å²) in [7, 11) is 0. The number of nitrogens with one attached hydrogen (secondary N) is 2. The predicted octanol–water partition coefficient (Wildman–Crippen LogP) is 3.73. The van der Waals surface area contributed by atoms with Crippen LogP contribution in [0.3, 0.4) is 0 Å². The van der Waals surface area contributed by atoms with Gasteiger partial charge < -0.3 is 15.5 Å². The molecule has 0 aliphatic carbocycles. The number of rotatable bonds is 4. The van der Waals surface area contributed by atoms with Gasteiger partial charge in [-0.05, 0) is 36.8 Å². The van der Waals surface area contributed by atoms with Gasteiger partial charge in [-0.2, -0.15) is 0 Å². The lowest BCUT2D eigenvalue weighted by atomic mass is 10.1. The van der Waals surface area contributed by atoms with Gasteiger partial charge in [0.1, 0.15) is 12.1 Å². The summed E-state index contributed by atoms with van der Waals surface area (Å²) in [6.07, 6.45) is 1.50. The van der Waals surface area contributed by atoms with Crippen molar-refractivity contribution in [3.8, 4) is 0 Å². The summed E-state index contributed by atoms with van der Waals surface area (Å²) in [6, 6.07) is 7.92. The fourth-order valence-electron chi connectivity index (χ4n) is 3.02. The fourth-order valence-corrected chi connectivity index (χ4v) is 3.02. The highest BCUT2D eigenvalue weighted by atomic mass is 19.2. The summed E-state index contributed by atoms with van der Waals surface area (Å²) in [5, 5.41) is 7.43. The zero-order valence-corrected chi connectivity index (χ0v) is 13.7. The minimum atomic E-state index is -0.853. The standard InChI is InChI=1S/C18H17F2N5/c1-2-25-10-24-16-6-12-15(7-17(16)25)22-9-23-18(12)21-8-11-3-4-13(19)14(20)5-11/h3-7,9,24H,2,8,10H2,1H3,(H,21,22,23). The van der Waals surface area contributed by atoms with E-state index in [1.165, 1.54) is 12.4 Å². The van der Waals surface area contributed by atoms with Gasteiger partial charge in [-0.15, -0.1) is 0 Å². The van der Waals surface area contributed by atoms with Crippen LogP contribution in [0.15, 0.2) is 36.7 Å². The SMILES string of the molecule is CCN1CNc2cc3c(NCc4ccc(F)c(F)c4)ncnc3cc21. The molecule has 128 valence electrons. The third-order valence-corrected chi connectivity index (χ3v) is 4.38. The van der Waals surface area contributed by atoms with Crippen LogP contribution in [-0.2, 0) is 6.54 Å². The van der Waals surface area contributed by atoms with Crippen molar-refractivity contribution in [2.75, 3.05) is 28.7 Å². The van der Waals surface area contributed by atoms with E-state index in [4.69, 9.17) is 0 Å². The van der Waals surface area contributed by atoms with E-state index in [-0.39, 0.29) is 0 Å². The van der Waals surface area contributed by atoms with Crippen molar-refractivity contribution >= 4 is 28.1 Å². The normalized spacial score (nSPS) is 13.0. The third kappa shape index (κ3) is 2.82. The quantitative estimate of drug-likeness (QED) is 0.757. The van der Waals surface area contributed by atoms with E-state index >= 15 is 0 Å². The van der Waals surface area contributed by atoms with Crippen LogP contribution in [0.2, 0.25) is 0 Å². The van der Waals surface area contributed by atoms with Crippen LogP contribution >= 0.6 is 0 Å². The highest BCUT2D eigenvalue weighted by molar-refractivity contribution is 5.97. The Morgan fingerprint density at radius 2 is 2.04 bits per heavy atom. The van der Waals surface area contributed by atoms with Crippen molar-refractivity contribution in [1.29, 1.82) is 0 Å². The molecule has 0 spiro atoms. The molecule has 1 aromatic heterocycles. The van der Waals surface area contributed by atoms with Gasteiger partial charge in [0.05, 0.1) is 23.6 Å². The first-order valence-corrected chi connectivity index (χ1v) is 8.11. The summed E-state index contributed by atoms with van der Waals surface area (Å²) in [5.74, 6) is -1.04. The lowest BCUT2D eigenvalue weighted by Gasteiger charge is -2.15. The zero-order valence-electron chi connectivity index (χ0n) is 13.7. The van der Waals surface area contributed by atoms with Crippen LogP contribution in [0.5, 0.6) is 0 Å². The summed E-state index contributed by atoms with van der Waals surface area (Å²) in [6.45, 7) is 4.13. The Hall–Kier alpha value is -2.96. The van der Waals surface area contributed by atoms with Crippen LogP contribution in [0.1, 0.15) is 12.5 Å². The highest BCUT2D eigenvalue weighted by Crippen LogP contribution is 2.36. The molecule has 0 radical (unpaired) electrons. The third-order valence-electron chi connectivity index (χ3n) is 4.38. The Morgan fingerprint density at radius 1 is 1.16 bits per heavy atom. The average Bonchev–Trinajstić information content (AvgIpc) is 3.03. The molecule has 4 rings (SSSR count). The maximum absolute atomic E-state index is 13.3. The van der Waals surface area contributed by atoms with Crippen molar-refractivity contribution in [2.45, 2.75) is 13.5 Å². The summed E-state index contributed by atoms with van der Waals surface area (Å²) >= 11 is 0. The van der Waals surface area contributed by atoms with Crippen molar-refractivity contribution in [2.24, 2.45) is 0 Å². The van der Waals surface area contributed by atoms with Crippen LogP contribution in [-0.4, -0.2) is 23.2 Å². The predicted molar refractivity (Wildman–Crippen MR) is 94.7 cm³/mol. The Kier molecular flexibility index (Phi) is 3.83. The Morgan fingerprint density at radius 3 is 2.84 bits per heavy atom. The van der Waals surface area contributed by atoms with Crippen molar-refractivity contribution < 1.29 is 8.78 Å². The lowest BCUT2D eigenvalue weighted by Crippen LogP contribution is -2.21. The van der Waals surface area contributed by atoms with Crippen LogP contribution in [0.4, 0.5) is 26.0 Å². The number of nitrogens with zero attached hydrogens (tertiary/aromatic N) is 3. The summed E-state index contributed by atoms with van der Waals surface area (Å²) in [4.78, 5) is 10.9. The molecule has 0 unspecified atom stereocenters. The minimum Gasteiger partial charge on any atom is -0.366 e. The molecular formula is C18H17F2N5. The Balaban J connectivity index is 1.65. The summed E-state index contributed by atoms with van der Waals surface area (Å²) in [5.41, 5.74) is 3.64. The lowest BCUT2D eigenvalue weighted by molar-refractivity contribution is 0.507. The van der Waals surface area contributed by atoms with Gasteiger partial charge in [0.25, 0.3) is 0 Å². The van der Waals surface area contributed by atoms with Gasteiger partial charge in [-0.1, -0.05) is 6.07 Å².